The van der Waals surface area contributed by atoms with E-state index in [4.69, 9.17) is 11.6 Å². The number of aromatic nitrogens is 3. The van der Waals surface area contributed by atoms with Crippen molar-refractivity contribution in [1.29, 1.82) is 0 Å². The number of hydrogen-bond donors (Lipinski definition) is 0. The molecule has 0 saturated heterocycles. The molecule has 0 amide bonds. The molecule has 1 heterocycles. The SMILES string of the molecule is Cc1c(C(=O)Cl)nnn1Cc1ccccc1. The lowest BCUT2D eigenvalue weighted by Gasteiger charge is -2.02. The molecular formula is C11H10ClN3O. The average Bonchev–Trinajstić information content (AvgIpc) is 2.62. The third kappa shape index (κ3) is 2.12. The van der Waals surface area contributed by atoms with Crippen molar-refractivity contribution >= 4 is 16.8 Å². The number of hydrogen-bond acceptors (Lipinski definition) is 3. The van der Waals surface area contributed by atoms with Gasteiger partial charge in [0, 0.05) is 0 Å². The predicted molar refractivity (Wildman–Crippen MR) is 60.5 cm³/mol. The van der Waals surface area contributed by atoms with Gasteiger partial charge in [-0.15, -0.1) is 5.10 Å². The Morgan fingerprint density at radius 1 is 1.38 bits per heavy atom. The standard InChI is InChI=1S/C11H10ClN3O/c1-8-10(11(12)16)13-14-15(8)7-9-5-3-2-4-6-9/h2-6H,7H2,1H3. The van der Waals surface area contributed by atoms with Crippen LogP contribution in [0.2, 0.25) is 0 Å². The smallest absolute Gasteiger partial charge is 0.274 e. The Morgan fingerprint density at radius 2 is 2.06 bits per heavy atom. The van der Waals surface area contributed by atoms with E-state index >= 15 is 0 Å². The van der Waals surface area contributed by atoms with Gasteiger partial charge in [0.15, 0.2) is 5.69 Å². The molecule has 16 heavy (non-hydrogen) atoms. The van der Waals surface area contributed by atoms with Gasteiger partial charge >= 0.3 is 0 Å². The lowest BCUT2D eigenvalue weighted by molar-refractivity contribution is 0.107. The minimum absolute atomic E-state index is 0.220. The van der Waals surface area contributed by atoms with Gasteiger partial charge < -0.3 is 0 Å². The number of halogens is 1. The zero-order valence-corrected chi connectivity index (χ0v) is 9.48. The third-order valence-corrected chi connectivity index (χ3v) is 2.52. The highest BCUT2D eigenvalue weighted by Crippen LogP contribution is 2.09. The molecule has 2 rings (SSSR count). The van der Waals surface area contributed by atoms with Gasteiger partial charge in [-0.1, -0.05) is 35.5 Å². The second-order valence-corrected chi connectivity index (χ2v) is 3.78. The number of rotatable bonds is 3. The predicted octanol–water partition coefficient (Wildman–Crippen LogP) is 2.01. The maximum absolute atomic E-state index is 11.0. The fourth-order valence-corrected chi connectivity index (χ4v) is 1.62. The molecule has 4 nitrogen and oxygen atoms in total. The van der Waals surface area contributed by atoms with Crippen LogP contribution in [-0.2, 0) is 6.54 Å². The van der Waals surface area contributed by atoms with E-state index in [1.165, 1.54) is 0 Å². The minimum Gasteiger partial charge on any atom is -0.274 e. The zero-order chi connectivity index (χ0) is 11.5. The normalized spacial score (nSPS) is 10.4. The van der Waals surface area contributed by atoms with E-state index < -0.39 is 5.24 Å². The summed E-state index contributed by atoms with van der Waals surface area (Å²) in [5, 5.41) is 7.06. The molecule has 0 radical (unpaired) electrons. The third-order valence-electron chi connectivity index (χ3n) is 2.34. The molecule has 2 aromatic rings. The van der Waals surface area contributed by atoms with E-state index in [9.17, 15) is 4.79 Å². The molecule has 0 aliphatic rings. The van der Waals surface area contributed by atoms with Gasteiger partial charge in [-0.2, -0.15) is 0 Å². The Balaban J connectivity index is 2.26. The molecule has 5 heteroatoms. The summed E-state index contributed by atoms with van der Waals surface area (Å²) in [6, 6.07) is 9.84. The van der Waals surface area contributed by atoms with E-state index in [1.807, 2.05) is 30.3 Å². The summed E-state index contributed by atoms with van der Waals surface area (Å²) in [6.45, 7) is 2.36. The molecule has 0 fully saturated rings. The van der Waals surface area contributed by atoms with E-state index in [-0.39, 0.29) is 5.69 Å². The Morgan fingerprint density at radius 3 is 2.62 bits per heavy atom. The first-order valence-corrected chi connectivity index (χ1v) is 5.20. The molecule has 0 spiro atoms. The Labute approximate surface area is 97.8 Å². The van der Waals surface area contributed by atoms with Gasteiger partial charge in [0.2, 0.25) is 0 Å². The van der Waals surface area contributed by atoms with Crippen LogP contribution in [0.15, 0.2) is 30.3 Å². The summed E-state index contributed by atoms with van der Waals surface area (Å²) >= 11 is 5.37. The second kappa shape index (κ2) is 4.45. The van der Waals surface area contributed by atoms with Gasteiger partial charge in [-0.25, -0.2) is 4.68 Å². The van der Waals surface area contributed by atoms with Crippen LogP contribution in [0.3, 0.4) is 0 Å². The highest BCUT2D eigenvalue weighted by Gasteiger charge is 2.13. The van der Waals surface area contributed by atoms with Crippen LogP contribution >= 0.6 is 11.6 Å². The van der Waals surface area contributed by atoms with Gasteiger partial charge in [0.1, 0.15) is 0 Å². The average molecular weight is 236 g/mol. The summed E-state index contributed by atoms with van der Waals surface area (Å²) in [5.74, 6) is 0. The maximum Gasteiger partial charge on any atom is 0.274 e. The van der Waals surface area contributed by atoms with E-state index in [2.05, 4.69) is 10.3 Å². The molecule has 1 aromatic heterocycles. The van der Waals surface area contributed by atoms with Gasteiger partial charge in [-0.05, 0) is 24.1 Å². The number of carbonyl (C=O) groups excluding carboxylic acids is 1. The summed E-state index contributed by atoms with van der Waals surface area (Å²) in [7, 11) is 0. The van der Waals surface area contributed by atoms with Crippen molar-refractivity contribution < 1.29 is 4.79 Å². The van der Waals surface area contributed by atoms with Crippen LogP contribution < -0.4 is 0 Å². The molecule has 0 N–H and O–H groups in total. The van der Waals surface area contributed by atoms with Gasteiger partial charge in [0.25, 0.3) is 5.24 Å². The van der Waals surface area contributed by atoms with Crippen molar-refractivity contribution in [3.05, 3.63) is 47.3 Å². The molecule has 0 aliphatic carbocycles. The molecule has 0 bridgehead atoms. The van der Waals surface area contributed by atoms with Crippen molar-refractivity contribution in [2.24, 2.45) is 0 Å². The van der Waals surface area contributed by atoms with Crippen LogP contribution in [0.5, 0.6) is 0 Å². The number of nitrogens with zero attached hydrogens (tertiary/aromatic N) is 3. The zero-order valence-electron chi connectivity index (χ0n) is 8.72. The van der Waals surface area contributed by atoms with Crippen LogP contribution in [0, 0.1) is 6.92 Å². The number of carbonyl (C=O) groups is 1. The van der Waals surface area contributed by atoms with Crippen LogP contribution in [0.1, 0.15) is 21.7 Å². The Hall–Kier alpha value is -1.68. The Bertz CT molecular complexity index is 507. The fraction of sp³-hybridized carbons (Fsp3) is 0.182. The highest BCUT2D eigenvalue weighted by molar-refractivity contribution is 6.67. The molecule has 0 saturated carbocycles. The summed E-state index contributed by atoms with van der Waals surface area (Å²) < 4.78 is 1.66. The lowest BCUT2D eigenvalue weighted by atomic mass is 10.2. The van der Waals surface area contributed by atoms with E-state index in [0.717, 1.165) is 5.56 Å². The summed E-state index contributed by atoms with van der Waals surface area (Å²) in [5.41, 5.74) is 2.01. The van der Waals surface area contributed by atoms with Crippen molar-refractivity contribution in [3.63, 3.8) is 0 Å². The van der Waals surface area contributed by atoms with Crippen molar-refractivity contribution in [3.8, 4) is 0 Å². The maximum atomic E-state index is 11.0. The first-order valence-electron chi connectivity index (χ1n) is 4.82. The van der Waals surface area contributed by atoms with Crippen molar-refractivity contribution in [2.75, 3.05) is 0 Å². The van der Waals surface area contributed by atoms with Crippen LogP contribution in [-0.4, -0.2) is 20.2 Å². The molecule has 0 atom stereocenters. The van der Waals surface area contributed by atoms with Crippen LogP contribution in [0.4, 0.5) is 0 Å². The fourth-order valence-electron chi connectivity index (χ4n) is 1.45. The quantitative estimate of drug-likeness (QED) is 0.765. The second-order valence-electron chi connectivity index (χ2n) is 3.44. The van der Waals surface area contributed by atoms with Crippen molar-refractivity contribution in [1.82, 2.24) is 15.0 Å². The van der Waals surface area contributed by atoms with E-state index in [1.54, 1.807) is 11.6 Å². The van der Waals surface area contributed by atoms with Crippen molar-refractivity contribution in [2.45, 2.75) is 13.5 Å². The first-order chi connectivity index (χ1) is 7.68. The Kier molecular flexibility index (Phi) is 3.01. The molecule has 0 aliphatic heterocycles. The van der Waals surface area contributed by atoms with E-state index in [0.29, 0.717) is 12.2 Å². The summed E-state index contributed by atoms with van der Waals surface area (Å²) in [6.07, 6.45) is 0. The first kappa shape index (κ1) is 10.8. The topological polar surface area (TPSA) is 47.8 Å². The van der Waals surface area contributed by atoms with Gasteiger partial charge in [0.05, 0.1) is 12.2 Å². The largest absolute Gasteiger partial charge is 0.274 e. The molecule has 0 unspecified atom stereocenters. The lowest BCUT2D eigenvalue weighted by Crippen LogP contribution is -2.04. The number of benzene rings is 1. The highest BCUT2D eigenvalue weighted by atomic mass is 35.5. The molecular weight excluding hydrogens is 226 g/mol. The molecule has 82 valence electrons. The monoisotopic (exact) mass is 235 g/mol. The van der Waals surface area contributed by atoms with Gasteiger partial charge in [-0.3, -0.25) is 4.79 Å². The van der Waals surface area contributed by atoms with Crippen LogP contribution in [0.25, 0.3) is 0 Å². The molecule has 1 aromatic carbocycles. The summed E-state index contributed by atoms with van der Waals surface area (Å²) in [4.78, 5) is 11.0. The minimum atomic E-state index is -0.572.